The summed E-state index contributed by atoms with van der Waals surface area (Å²) >= 11 is 0. The van der Waals surface area contributed by atoms with Gasteiger partial charge in [0.15, 0.2) is 0 Å². The van der Waals surface area contributed by atoms with Crippen LogP contribution in [-0.2, 0) is 10.0 Å². The predicted molar refractivity (Wildman–Crippen MR) is 93.7 cm³/mol. The Hall–Kier alpha value is -2.81. The van der Waals surface area contributed by atoms with E-state index in [0.717, 1.165) is 0 Å². The first-order chi connectivity index (χ1) is 11.8. The van der Waals surface area contributed by atoms with Gasteiger partial charge in [-0.15, -0.1) is 0 Å². The molecule has 0 aliphatic carbocycles. The molecule has 0 bridgehead atoms. The van der Waals surface area contributed by atoms with Crippen molar-refractivity contribution in [1.29, 1.82) is 0 Å². The molecule has 0 spiro atoms. The van der Waals surface area contributed by atoms with Crippen LogP contribution in [0.5, 0.6) is 11.5 Å². The molecule has 2 aromatic rings. The van der Waals surface area contributed by atoms with E-state index in [4.69, 9.17) is 9.47 Å². The number of nitro benzene ring substituents is 1. The molecule has 134 valence electrons. The molecule has 2 aromatic carbocycles. The van der Waals surface area contributed by atoms with Gasteiger partial charge in [-0.1, -0.05) is 6.07 Å². The molecule has 0 aromatic heterocycles. The maximum Gasteiger partial charge on any atom is 0.271 e. The van der Waals surface area contributed by atoms with E-state index in [9.17, 15) is 18.5 Å². The van der Waals surface area contributed by atoms with Gasteiger partial charge in [0.25, 0.3) is 5.69 Å². The first kappa shape index (κ1) is 18.5. The summed E-state index contributed by atoms with van der Waals surface area (Å²) in [5.74, 6) is 0.895. The van der Waals surface area contributed by atoms with E-state index in [0.29, 0.717) is 17.1 Å². The quantitative estimate of drug-likeness (QED) is 0.568. The lowest BCUT2D eigenvalue weighted by atomic mass is 10.2. The Kier molecular flexibility index (Phi) is 5.81. The van der Waals surface area contributed by atoms with Crippen molar-refractivity contribution in [2.45, 2.75) is 6.92 Å². The molecule has 0 atom stereocenters. The Morgan fingerprint density at radius 2 is 1.76 bits per heavy atom. The van der Waals surface area contributed by atoms with E-state index in [1.165, 1.54) is 18.2 Å². The van der Waals surface area contributed by atoms with E-state index < -0.39 is 14.9 Å². The fraction of sp³-hybridized carbons (Fsp3) is 0.250. The summed E-state index contributed by atoms with van der Waals surface area (Å²) < 4.78 is 37.1. The van der Waals surface area contributed by atoms with Crippen LogP contribution in [0.25, 0.3) is 0 Å². The Labute approximate surface area is 145 Å². The van der Waals surface area contributed by atoms with Crippen molar-refractivity contribution in [3.8, 4) is 11.5 Å². The number of sulfonamides is 1. The molecule has 9 heteroatoms. The number of rotatable bonds is 8. The molecule has 1 N–H and O–H groups in total. The van der Waals surface area contributed by atoms with Crippen molar-refractivity contribution in [3.63, 3.8) is 0 Å². The zero-order valence-electron chi connectivity index (χ0n) is 13.8. The number of benzene rings is 2. The second-order valence-corrected chi connectivity index (χ2v) is 7.04. The number of ether oxygens (including phenoxy) is 2. The van der Waals surface area contributed by atoms with E-state index >= 15 is 0 Å². The highest BCUT2D eigenvalue weighted by molar-refractivity contribution is 7.92. The summed E-state index contributed by atoms with van der Waals surface area (Å²) in [4.78, 5) is 10.2. The zero-order valence-corrected chi connectivity index (χ0v) is 14.6. The molecule has 2 rings (SSSR count). The fourth-order valence-electron chi connectivity index (χ4n) is 1.99. The van der Waals surface area contributed by atoms with Crippen LogP contribution in [0.3, 0.4) is 0 Å². The molecule has 0 amide bonds. The average Bonchev–Trinajstić information content (AvgIpc) is 2.57. The minimum absolute atomic E-state index is 0.0599. The molecule has 0 aliphatic heterocycles. The van der Waals surface area contributed by atoms with E-state index in [-0.39, 0.29) is 23.7 Å². The van der Waals surface area contributed by atoms with E-state index in [1.807, 2.05) is 0 Å². The standard InChI is InChI=1S/C16H18N2O6S/c1-12-3-4-13(18(19)20)11-16(12)17-25(21,22)10-9-24-15-7-5-14(23-2)6-8-15/h3-8,11,17H,9-10H2,1-2H3. The summed E-state index contributed by atoms with van der Waals surface area (Å²) in [5.41, 5.74) is 0.585. The van der Waals surface area contributed by atoms with Crippen molar-refractivity contribution in [3.05, 3.63) is 58.1 Å². The van der Waals surface area contributed by atoms with Crippen LogP contribution in [0.4, 0.5) is 11.4 Å². The number of nitrogens with one attached hydrogen (secondary N) is 1. The van der Waals surface area contributed by atoms with Crippen LogP contribution < -0.4 is 14.2 Å². The first-order valence-electron chi connectivity index (χ1n) is 7.33. The lowest BCUT2D eigenvalue weighted by Gasteiger charge is -2.11. The van der Waals surface area contributed by atoms with E-state index in [2.05, 4.69) is 4.72 Å². The van der Waals surface area contributed by atoms with Crippen molar-refractivity contribution in [1.82, 2.24) is 0 Å². The topological polar surface area (TPSA) is 108 Å². The highest BCUT2D eigenvalue weighted by Gasteiger charge is 2.15. The predicted octanol–water partition coefficient (Wildman–Crippen LogP) is 2.73. The van der Waals surface area contributed by atoms with Gasteiger partial charge in [-0.2, -0.15) is 0 Å². The third kappa shape index (κ3) is 5.35. The van der Waals surface area contributed by atoms with Gasteiger partial charge in [0.2, 0.25) is 10.0 Å². The average molecular weight is 366 g/mol. The largest absolute Gasteiger partial charge is 0.497 e. The third-order valence-electron chi connectivity index (χ3n) is 3.38. The van der Waals surface area contributed by atoms with Gasteiger partial charge in [0.05, 0.1) is 17.7 Å². The SMILES string of the molecule is COc1ccc(OCCS(=O)(=O)Nc2cc([N+](=O)[O-])ccc2C)cc1. The maximum absolute atomic E-state index is 12.1. The van der Waals surface area contributed by atoms with Crippen LogP contribution in [-0.4, -0.2) is 32.8 Å². The number of nitro groups is 1. The number of nitrogens with zero attached hydrogens (tertiary/aromatic N) is 1. The second-order valence-electron chi connectivity index (χ2n) is 5.20. The monoisotopic (exact) mass is 366 g/mol. The summed E-state index contributed by atoms with van der Waals surface area (Å²) in [6, 6.07) is 10.7. The van der Waals surface area contributed by atoms with Crippen molar-refractivity contribution >= 4 is 21.4 Å². The lowest BCUT2D eigenvalue weighted by molar-refractivity contribution is -0.384. The summed E-state index contributed by atoms with van der Waals surface area (Å²) in [7, 11) is -2.16. The molecule has 0 aliphatic rings. The van der Waals surface area contributed by atoms with Crippen LogP contribution in [0.1, 0.15) is 5.56 Å². The molecule has 0 saturated heterocycles. The summed E-state index contributed by atoms with van der Waals surface area (Å²) in [5, 5.41) is 10.8. The maximum atomic E-state index is 12.1. The molecule has 0 unspecified atom stereocenters. The Bertz CT molecular complexity index is 849. The molecule has 0 radical (unpaired) electrons. The van der Waals surface area contributed by atoms with Gasteiger partial charge in [0, 0.05) is 12.1 Å². The second kappa shape index (κ2) is 7.84. The number of hydrogen-bond donors (Lipinski definition) is 1. The van der Waals surface area contributed by atoms with Gasteiger partial charge < -0.3 is 9.47 Å². The summed E-state index contributed by atoms with van der Waals surface area (Å²) in [6.07, 6.45) is 0. The highest BCUT2D eigenvalue weighted by Crippen LogP contribution is 2.23. The Morgan fingerprint density at radius 3 is 2.36 bits per heavy atom. The molecule has 8 nitrogen and oxygen atoms in total. The van der Waals surface area contributed by atoms with Gasteiger partial charge in [-0.3, -0.25) is 14.8 Å². The van der Waals surface area contributed by atoms with Crippen LogP contribution in [0.15, 0.2) is 42.5 Å². The van der Waals surface area contributed by atoms with Crippen molar-refractivity contribution in [2.24, 2.45) is 0 Å². The lowest BCUT2D eigenvalue weighted by Crippen LogP contribution is -2.21. The highest BCUT2D eigenvalue weighted by atomic mass is 32.2. The van der Waals surface area contributed by atoms with Gasteiger partial charge in [-0.25, -0.2) is 8.42 Å². The van der Waals surface area contributed by atoms with Gasteiger partial charge in [0.1, 0.15) is 23.9 Å². The fourth-order valence-corrected chi connectivity index (χ4v) is 2.95. The molecule has 0 fully saturated rings. The molecule has 0 saturated carbocycles. The smallest absolute Gasteiger partial charge is 0.271 e. The van der Waals surface area contributed by atoms with Crippen LogP contribution >= 0.6 is 0 Å². The first-order valence-corrected chi connectivity index (χ1v) is 8.98. The van der Waals surface area contributed by atoms with Gasteiger partial charge >= 0.3 is 0 Å². The molecular weight excluding hydrogens is 348 g/mol. The third-order valence-corrected chi connectivity index (χ3v) is 4.61. The van der Waals surface area contributed by atoms with E-state index in [1.54, 1.807) is 38.3 Å². The number of hydrogen-bond acceptors (Lipinski definition) is 6. The summed E-state index contributed by atoms with van der Waals surface area (Å²) in [6.45, 7) is 1.60. The molecule has 0 heterocycles. The molecular formula is C16H18N2O6S. The molecule has 25 heavy (non-hydrogen) atoms. The van der Waals surface area contributed by atoms with Crippen molar-refractivity contribution in [2.75, 3.05) is 24.2 Å². The number of anilines is 1. The van der Waals surface area contributed by atoms with Crippen molar-refractivity contribution < 1.29 is 22.8 Å². The minimum atomic E-state index is -3.70. The number of methoxy groups -OCH3 is 1. The van der Waals surface area contributed by atoms with Gasteiger partial charge in [-0.05, 0) is 36.8 Å². The minimum Gasteiger partial charge on any atom is -0.497 e. The normalized spacial score (nSPS) is 11.0. The van der Waals surface area contributed by atoms with Crippen LogP contribution in [0, 0.1) is 17.0 Å². The number of non-ortho nitro benzene ring substituents is 1. The number of aryl methyl sites for hydroxylation is 1. The van der Waals surface area contributed by atoms with Crippen LogP contribution in [0.2, 0.25) is 0 Å². The zero-order chi connectivity index (χ0) is 18.4. The Morgan fingerprint density at radius 1 is 1.12 bits per heavy atom. The Balaban J connectivity index is 1.97.